The zero-order valence-corrected chi connectivity index (χ0v) is 19.5. The Bertz CT molecular complexity index is 969. The first-order chi connectivity index (χ1) is 14.3. The molecule has 30 heavy (non-hydrogen) atoms. The first kappa shape index (κ1) is 22.2. The van der Waals surface area contributed by atoms with E-state index in [1.165, 1.54) is 5.56 Å². The lowest BCUT2D eigenvalue weighted by Crippen LogP contribution is -2.46. The standard InChI is InChI=1S/C20H26N8O.HI/c1-21-20(23-11-15-5-3-4-6-17(15)27-10-9-22-14-27)24-16-7-8-19-25-18(13-29-2)26-28(19)12-16;/h3-6,9-10,14,16H,7-8,11-13H2,1-2H3,(H2,21,23,24);1H. The molecule has 10 heteroatoms. The maximum Gasteiger partial charge on any atom is 0.191 e. The summed E-state index contributed by atoms with van der Waals surface area (Å²) in [4.78, 5) is 13.1. The number of rotatable bonds is 6. The van der Waals surface area contributed by atoms with Gasteiger partial charge in [-0.25, -0.2) is 14.6 Å². The minimum atomic E-state index is 0. The normalized spacial score (nSPS) is 15.9. The molecule has 1 unspecified atom stereocenters. The third-order valence-electron chi connectivity index (χ3n) is 4.96. The molecule has 9 nitrogen and oxygen atoms in total. The third-order valence-corrected chi connectivity index (χ3v) is 4.96. The number of nitrogens with zero attached hydrogens (tertiary/aromatic N) is 6. The number of fused-ring (bicyclic) bond motifs is 1. The fraction of sp³-hybridized carbons (Fsp3) is 0.400. The number of aliphatic imine (C=N–C) groups is 1. The predicted molar refractivity (Wildman–Crippen MR) is 125 cm³/mol. The Morgan fingerprint density at radius 1 is 1.33 bits per heavy atom. The molecule has 0 saturated heterocycles. The topological polar surface area (TPSA) is 94.2 Å². The van der Waals surface area contributed by atoms with Crippen LogP contribution in [0, 0.1) is 0 Å². The van der Waals surface area contributed by atoms with Gasteiger partial charge in [0, 0.05) is 45.6 Å². The van der Waals surface area contributed by atoms with E-state index in [0.29, 0.717) is 13.2 Å². The highest BCUT2D eigenvalue weighted by Crippen LogP contribution is 2.15. The van der Waals surface area contributed by atoms with Crippen LogP contribution in [0.1, 0.15) is 23.6 Å². The Morgan fingerprint density at radius 2 is 2.20 bits per heavy atom. The van der Waals surface area contributed by atoms with Crippen molar-refractivity contribution in [2.45, 2.75) is 38.6 Å². The summed E-state index contributed by atoms with van der Waals surface area (Å²) in [6, 6.07) is 8.50. The van der Waals surface area contributed by atoms with Crippen molar-refractivity contribution in [3.05, 3.63) is 60.2 Å². The molecular weight excluding hydrogens is 495 g/mol. The van der Waals surface area contributed by atoms with Gasteiger partial charge in [0.05, 0.1) is 18.6 Å². The molecular formula is C20H27IN8O. The van der Waals surface area contributed by atoms with E-state index in [9.17, 15) is 0 Å². The van der Waals surface area contributed by atoms with E-state index in [0.717, 1.165) is 42.7 Å². The fourth-order valence-electron chi connectivity index (χ4n) is 3.55. The number of methoxy groups -OCH3 is 1. The van der Waals surface area contributed by atoms with Crippen molar-refractivity contribution in [3.63, 3.8) is 0 Å². The number of para-hydroxylation sites is 1. The van der Waals surface area contributed by atoms with Crippen molar-refractivity contribution in [2.75, 3.05) is 14.2 Å². The van der Waals surface area contributed by atoms with Gasteiger partial charge in [-0.05, 0) is 18.1 Å². The van der Waals surface area contributed by atoms with Crippen molar-refractivity contribution in [1.29, 1.82) is 0 Å². The zero-order chi connectivity index (χ0) is 20.1. The van der Waals surface area contributed by atoms with E-state index >= 15 is 0 Å². The second-order valence-electron chi connectivity index (χ2n) is 6.96. The molecule has 2 N–H and O–H groups in total. The summed E-state index contributed by atoms with van der Waals surface area (Å²) in [5.41, 5.74) is 2.27. The molecule has 0 bridgehead atoms. The van der Waals surface area contributed by atoms with Gasteiger partial charge in [0.15, 0.2) is 11.8 Å². The Hall–Kier alpha value is -2.47. The smallest absolute Gasteiger partial charge is 0.191 e. The largest absolute Gasteiger partial charge is 0.377 e. The highest BCUT2D eigenvalue weighted by molar-refractivity contribution is 14.0. The van der Waals surface area contributed by atoms with Crippen LogP contribution < -0.4 is 10.6 Å². The summed E-state index contributed by atoms with van der Waals surface area (Å²) in [6.07, 6.45) is 7.40. The van der Waals surface area contributed by atoms with Gasteiger partial charge in [-0.2, -0.15) is 5.10 Å². The van der Waals surface area contributed by atoms with Crippen LogP contribution in [0.3, 0.4) is 0 Å². The second kappa shape index (κ2) is 10.5. The lowest BCUT2D eigenvalue weighted by atomic mass is 10.1. The van der Waals surface area contributed by atoms with Gasteiger partial charge in [-0.1, -0.05) is 18.2 Å². The molecule has 1 aliphatic heterocycles. The van der Waals surface area contributed by atoms with Crippen molar-refractivity contribution < 1.29 is 4.74 Å². The number of ether oxygens (including phenoxy) is 1. The summed E-state index contributed by atoms with van der Waals surface area (Å²) < 4.78 is 9.12. The number of aromatic nitrogens is 5. The van der Waals surface area contributed by atoms with Gasteiger partial charge in [0.2, 0.25) is 0 Å². The summed E-state index contributed by atoms with van der Waals surface area (Å²) in [5, 5.41) is 11.5. The summed E-state index contributed by atoms with van der Waals surface area (Å²) in [6.45, 7) is 1.86. The summed E-state index contributed by atoms with van der Waals surface area (Å²) in [5.74, 6) is 2.53. The van der Waals surface area contributed by atoms with Gasteiger partial charge in [-0.15, -0.1) is 24.0 Å². The van der Waals surface area contributed by atoms with Crippen LogP contribution in [0.15, 0.2) is 48.0 Å². The van der Waals surface area contributed by atoms with E-state index in [2.05, 4.69) is 42.8 Å². The Kier molecular flexibility index (Phi) is 7.80. The van der Waals surface area contributed by atoms with Crippen molar-refractivity contribution in [1.82, 2.24) is 34.9 Å². The highest BCUT2D eigenvalue weighted by Gasteiger charge is 2.22. The van der Waals surface area contributed by atoms with Crippen LogP contribution in [-0.2, 0) is 30.9 Å². The number of benzene rings is 1. The minimum absolute atomic E-state index is 0. The van der Waals surface area contributed by atoms with Gasteiger partial charge in [0.1, 0.15) is 12.4 Å². The SMILES string of the molecule is CN=C(NCc1ccccc1-n1ccnc1)NC1CCc2nc(COC)nn2C1.I. The van der Waals surface area contributed by atoms with Crippen LogP contribution >= 0.6 is 24.0 Å². The Balaban J connectivity index is 0.00000256. The summed E-state index contributed by atoms with van der Waals surface area (Å²) in [7, 11) is 3.45. The molecule has 0 aliphatic carbocycles. The molecule has 2 aromatic heterocycles. The van der Waals surface area contributed by atoms with Gasteiger partial charge >= 0.3 is 0 Å². The zero-order valence-electron chi connectivity index (χ0n) is 17.2. The highest BCUT2D eigenvalue weighted by atomic mass is 127. The molecule has 3 aromatic rings. The number of imidazole rings is 1. The van der Waals surface area contributed by atoms with Gasteiger partial charge in [0.25, 0.3) is 0 Å². The van der Waals surface area contributed by atoms with Crippen molar-refractivity contribution in [3.8, 4) is 5.69 Å². The Labute approximate surface area is 193 Å². The quantitative estimate of drug-likeness (QED) is 0.292. The fourth-order valence-corrected chi connectivity index (χ4v) is 3.55. The first-order valence-corrected chi connectivity index (χ1v) is 9.71. The molecule has 1 atom stereocenters. The maximum absolute atomic E-state index is 5.14. The molecule has 0 spiro atoms. The van der Waals surface area contributed by atoms with E-state index in [1.807, 2.05) is 33.9 Å². The lowest BCUT2D eigenvalue weighted by molar-refractivity contribution is 0.177. The van der Waals surface area contributed by atoms with E-state index in [4.69, 9.17) is 4.74 Å². The average molecular weight is 522 g/mol. The average Bonchev–Trinajstić information content (AvgIpc) is 3.41. The number of halogens is 1. The first-order valence-electron chi connectivity index (χ1n) is 9.71. The van der Waals surface area contributed by atoms with E-state index in [-0.39, 0.29) is 30.0 Å². The van der Waals surface area contributed by atoms with Crippen LogP contribution in [0.5, 0.6) is 0 Å². The minimum Gasteiger partial charge on any atom is -0.377 e. The van der Waals surface area contributed by atoms with Gasteiger partial charge < -0.3 is 19.9 Å². The molecule has 1 aliphatic rings. The number of hydrogen-bond acceptors (Lipinski definition) is 5. The second-order valence-corrected chi connectivity index (χ2v) is 6.96. The molecule has 3 heterocycles. The van der Waals surface area contributed by atoms with Crippen molar-refractivity contribution in [2.24, 2.45) is 4.99 Å². The monoisotopic (exact) mass is 522 g/mol. The van der Waals surface area contributed by atoms with Crippen LogP contribution in [0.25, 0.3) is 5.69 Å². The Morgan fingerprint density at radius 3 is 2.97 bits per heavy atom. The molecule has 160 valence electrons. The molecule has 4 rings (SSSR count). The number of aryl methyl sites for hydroxylation is 1. The van der Waals surface area contributed by atoms with E-state index in [1.54, 1.807) is 20.4 Å². The molecule has 0 saturated carbocycles. The van der Waals surface area contributed by atoms with Crippen LogP contribution in [0.2, 0.25) is 0 Å². The predicted octanol–water partition coefficient (Wildman–Crippen LogP) is 1.91. The van der Waals surface area contributed by atoms with E-state index < -0.39 is 0 Å². The van der Waals surface area contributed by atoms with Gasteiger partial charge in [-0.3, -0.25) is 4.99 Å². The molecule has 1 aromatic carbocycles. The lowest BCUT2D eigenvalue weighted by Gasteiger charge is -2.25. The summed E-state index contributed by atoms with van der Waals surface area (Å²) >= 11 is 0. The number of hydrogen-bond donors (Lipinski definition) is 2. The number of nitrogens with one attached hydrogen (secondary N) is 2. The number of guanidine groups is 1. The maximum atomic E-state index is 5.14. The van der Waals surface area contributed by atoms with Crippen LogP contribution in [-0.4, -0.2) is 50.5 Å². The van der Waals surface area contributed by atoms with Crippen molar-refractivity contribution >= 4 is 29.9 Å². The van der Waals surface area contributed by atoms with Crippen LogP contribution in [0.4, 0.5) is 0 Å². The molecule has 0 amide bonds. The third kappa shape index (κ3) is 5.17. The molecule has 0 fully saturated rings. The molecule has 0 radical (unpaired) electrons.